The number of hydrogen-bond donors (Lipinski definition) is 2. The number of primary amides is 1. The molecule has 0 aliphatic carbocycles. The highest BCUT2D eigenvalue weighted by Gasteiger charge is 2.38. The maximum absolute atomic E-state index is 10.9. The minimum absolute atomic E-state index is 0.0425. The average Bonchev–Trinajstić information content (AvgIpc) is 2.08. The van der Waals surface area contributed by atoms with Crippen LogP contribution in [-0.4, -0.2) is 23.1 Å². The lowest BCUT2D eigenvalue weighted by atomic mass is 9.81. The Labute approximate surface area is 104 Å². The molecule has 0 unspecified atom stereocenters. The predicted molar refractivity (Wildman–Crippen MR) is 68.4 cm³/mol. The van der Waals surface area contributed by atoms with Crippen LogP contribution < -0.4 is 11.1 Å². The van der Waals surface area contributed by atoms with E-state index in [0.717, 1.165) is 12.8 Å². The van der Waals surface area contributed by atoms with Gasteiger partial charge in [-0.05, 0) is 34.6 Å². The molecule has 0 radical (unpaired) electrons. The van der Waals surface area contributed by atoms with Crippen LogP contribution in [-0.2, 0) is 9.53 Å². The third-order valence-corrected chi connectivity index (χ3v) is 2.98. The van der Waals surface area contributed by atoms with Crippen molar-refractivity contribution in [3.8, 4) is 0 Å². The van der Waals surface area contributed by atoms with E-state index in [4.69, 9.17) is 10.5 Å². The third-order valence-electron chi connectivity index (χ3n) is 2.98. The summed E-state index contributed by atoms with van der Waals surface area (Å²) in [5.74, 6) is -0.433. The summed E-state index contributed by atoms with van der Waals surface area (Å²) in [6.07, 6.45) is 3.44. The van der Waals surface area contributed by atoms with Gasteiger partial charge in [0.25, 0.3) is 0 Å². The van der Waals surface area contributed by atoms with Crippen molar-refractivity contribution in [3.63, 3.8) is 0 Å². The van der Waals surface area contributed by atoms with Crippen molar-refractivity contribution in [2.24, 2.45) is 5.73 Å². The first-order valence-corrected chi connectivity index (χ1v) is 6.03. The van der Waals surface area contributed by atoms with Crippen LogP contribution in [0.2, 0.25) is 0 Å². The molecule has 1 fully saturated rings. The molecule has 1 amide bonds. The summed E-state index contributed by atoms with van der Waals surface area (Å²) in [5.41, 5.74) is 5.70. The van der Waals surface area contributed by atoms with E-state index in [1.54, 1.807) is 6.92 Å². The summed E-state index contributed by atoms with van der Waals surface area (Å²) < 4.78 is 5.67. The second-order valence-electron chi connectivity index (χ2n) is 6.22. The Kier molecular flexibility index (Phi) is 3.87. The van der Waals surface area contributed by atoms with Crippen molar-refractivity contribution in [2.45, 2.75) is 64.6 Å². The fourth-order valence-corrected chi connectivity index (χ4v) is 2.58. The van der Waals surface area contributed by atoms with Crippen LogP contribution in [0.15, 0.2) is 11.8 Å². The number of piperidine rings is 1. The van der Waals surface area contributed by atoms with Crippen LogP contribution in [0.25, 0.3) is 0 Å². The Balaban J connectivity index is 2.66. The van der Waals surface area contributed by atoms with Gasteiger partial charge in [0.05, 0.1) is 6.26 Å². The normalized spacial score (nSPS) is 24.4. The Bertz CT molecular complexity index is 316. The second kappa shape index (κ2) is 4.69. The van der Waals surface area contributed by atoms with Gasteiger partial charge in [0, 0.05) is 29.5 Å². The lowest BCUT2D eigenvalue weighted by Gasteiger charge is -2.45. The molecule has 0 bridgehead atoms. The molecule has 98 valence electrons. The van der Waals surface area contributed by atoms with E-state index in [0.29, 0.717) is 5.57 Å². The highest BCUT2D eigenvalue weighted by molar-refractivity contribution is 5.90. The topological polar surface area (TPSA) is 64.3 Å². The molecule has 4 heteroatoms. The molecule has 17 heavy (non-hydrogen) atoms. The van der Waals surface area contributed by atoms with E-state index >= 15 is 0 Å². The molecule has 0 aromatic carbocycles. The fourth-order valence-electron chi connectivity index (χ4n) is 2.58. The minimum Gasteiger partial charge on any atom is -0.497 e. The maximum atomic E-state index is 10.9. The standard InChI is InChI=1S/C13H24N2O2/c1-9(11(14)16)8-17-10-6-12(2,3)15-13(4,5)7-10/h8,10,15H,6-7H2,1-5H3,(H2,14,16)/b9-8+. The highest BCUT2D eigenvalue weighted by Crippen LogP contribution is 2.30. The van der Waals surface area contributed by atoms with Gasteiger partial charge in [-0.2, -0.15) is 0 Å². The number of rotatable bonds is 3. The molecule has 0 aromatic heterocycles. The smallest absolute Gasteiger partial charge is 0.247 e. The quantitative estimate of drug-likeness (QED) is 0.583. The Morgan fingerprint density at radius 3 is 2.18 bits per heavy atom. The Morgan fingerprint density at radius 2 is 1.76 bits per heavy atom. The van der Waals surface area contributed by atoms with Gasteiger partial charge in [0.2, 0.25) is 5.91 Å². The second-order valence-corrected chi connectivity index (χ2v) is 6.22. The predicted octanol–water partition coefficient (Wildman–Crippen LogP) is 1.70. The zero-order valence-electron chi connectivity index (χ0n) is 11.5. The van der Waals surface area contributed by atoms with Crippen molar-refractivity contribution < 1.29 is 9.53 Å². The molecule has 1 rings (SSSR count). The molecule has 1 aliphatic heterocycles. The molecule has 1 saturated heterocycles. The summed E-state index contributed by atoms with van der Waals surface area (Å²) in [4.78, 5) is 10.9. The Hall–Kier alpha value is -1.03. The van der Waals surface area contributed by atoms with E-state index in [2.05, 4.69) is 33.0 Å². The lowest BCUT2D eigenvalue weighted by molar-refractivity contribution is -0.114. The van der Waals surface area contributed by atoms with Gasteiger partial charge in [-0.15, -0.1) is 0 Å². The molecule has 3 N–H and O–H groups in total. The average molecular weight is 240 g/mol. The van der Waals surface area contributed by atoms with Gasteiger partial charge in [0.15, 0.2) is 0 Å². The first-order valence-electron chi connectivity index (χ1n) is 6.03. The molecular weight excluding hydrogens is 216 g/mol. The minimum atomic E-state index is -0.433. The first-order chi connectivity index (χ1) is 7.61. The summed E-state index contributed by atoms with van der Waals surface area (Å²) in [6.45, 7) is 10.3. The van der Waals surface area contributed by atoms with Gasteiger partial charge in [-0.3, -0.25) is 4.79 Å². The van der Waals surface area contributed by atoms with Crippen molar-refractivity contribution >= 4 is 5.91 Å². The van der Waals surface area contributed by atoms with E-state index in [-0.39, 0.29) is 17.2 Å². The zero-order chi connectivity index (χ0) is 13.3. The van der Waals surface area contributed by atoms with Crippen molar-refractivity contribution in [3.05, 3.63) is 11.8 Å². The SMILES string of the molecule is C/C(=C\OC1CC(C)(C)NC(C)(C)C1)C(N)=O. The maximum Gasteiger partial charge on any atom is 0.247 e. The molecule has 0 atom stereocenters. The van der Waals surface area contributed by atoms with E-state index in [9.17, 15) is 4.79 Å². The van der Waals surface area contributed by atoms with Crippen LogP contribution in [0, 0.1) is 0 Å². The largest absolute Gasteiger partial charge is 0.497 e. The molecular formula is C13H24N2O2. The van der Waals surface area contributed by atoms with Gasteiger partial charge in [-0.25, -0.2) is 0 Å². The Morgan fingerprint density at radius 1 is 1.29 bits per heavy atom. The number of hydrogen-bond acceptors (Lipinski definition) is 3. The molecule has 1 aliphatic rings. The van der Waals surface area contributed by atoms with Crippen molar-refractivity contribution in [1.29, 1.82) is 0 Å². The van der Waals surface area contributed by atoms with Crippen LogP contribution in [0.1, 0.15) is 47.5 Å². The van der Waals surface area contributed by atoms with Gasteiger partial charge in [-0.1, -0.05) is 0 Å². The number of ether oxygens (including phenoxy) is 1. The van der Waals surface area contributed by atoms with Crippen LogP contribution in [0.4, 0.5) is 0 Å². The number of carbonyl (C=O) groups is 1. The summed E-state index contributed by atoms with van der Waals surface area (Å²) >= 11 is 0. The number of nitrogens with one attached hydrogen (secondary N) is 1. The van der Waals surface area contributed by atoms with E-state index in [1.165, 1.54) is 6.26 Å². The molecule has 0 spiro atoms. The molecule has 0 saturated carbocycles. The molecule has 1 heterocycles. The number of amides is 1. The van der Waals surface area contributed by atoms with Crippen LogP contribution in [0.3, 0.4) is 0 Å². The molecule has 0 aromatic rings. The highest BCUT2D eigenvalue weighted by atomic mass is 16.5. The summed E-state index contributed by atoms with van der Waals surface area (Å²) in [5, 5.41) is 3.58. The first kappa shape index (κ1) is 14.0. The van der Waals surface area contributed by atoms with E-state index in [1.807, 2.05) is 0 Å². The van der Waals surface area contributed by atoms with Crippen molar-refractivity contribution in [1.82, 2.24) is 5.32 Å². The summed E-state index contributed by atoms with van der Waals surface area (Å²) in [7, 11) is 0. The lowest BCUT2D eigenvalue weighted by Crippen LogP contribution is -2.59. The van der Waals surface area contributed by atoms with E-state index < -0.39 is 5.91 Å². The zero-order valence-corrected chi connectivity index (χ0v) is 11.5. The van der Waals surface area contributed by atoms with Crippen LogP contribution >= 0.6 is 0 Å². The number of nitrogens with two attached hydrogens (primary N) is 1. The van der Waals surface area contributed by atoms with Gasteiger partial charge >= 0.3 is 0 Å². The third kappa shape index (κ3) is 4.38. The monoisotopic (exact) mass is 240 g/mol. The number of carbonyl (C=O) groups excluding carboxylic acids is 1. The van der Waals surface area contributed by atoms with Crippen molar-refractivity contribution in [2.75, 3.05) is 0 Å². The summed E-state index contributed by atoms with van der Waals surface area (Å²) in [6, 6.07) is 0. The van der Waals surface area contributed by atoms with Gasteiger partial charge < -0.3 is 15.8 Å². The van der Waals surface area contributed by atoms with Crippen LogP contribution in [0.5, 0.6) is 0 Å². The fraction of sp³-hybridized carbons (Fsp3) is 0.769. The molecule has 4 nitrogen and oxygen atoms in total. The van der Waals surface area contributed by atoms with Gasteiger partial charge in [0.1, 0.15) is 6.10 Å².